The monoisotopic (exact) mass is 295 g/mol. The predicted octanol–water partition coefficient (Wildman–Crippen LogP) is 4.14. The molecule has 0 aliphatic carbocycles. The molecule has 0 saturated carbocycles. The van der Waals surface area contributed by atoms with Crippen molar-refractivity contribution >= 4 is 33.8 Å². The predicted molar refractivity (Wildman–Crippen MR) is 86.2 cm³/mol. The molecule has 0 bridgehead atoms. The van der Waals surface area contributed by atoms with Gasteiger partial charge < -0.3 is 10.6 Å². The first kappa shape index (κ1) is 13.3. The van der Waals surface area contributed by atoms with E-state index in [0.29, 0.717) is 5.56 Å². The van der Waals surface area contributed by atoms with Crippen molar-refractivity contribution in [3.63, 3.8) is 0 Å². The van der Waals surface area contributed by atoms with Gasteiger partial charge in [0.05, 0.1) is 0 Å². The van der Waals surface area contributed by atoms with Crippen LogP contribution in [0.2, 0.25) is 0 Å². The minimum absolute atomic E-state index is 0.135. The first-order chi connectivity index (χ1) is 10.3. The third-order valence-corrected chi connectivity index (χ3v) is 3.53. The summed E-state index contributed by atoms with van der Waals surface area (Å²) in [5.41, 5.74) is 2.21. The number of nitrogens with zero attached hydrogens (tertiary/aromatic N) is 1. The summed E-state index contributed by atoms with van der Waals surface area (Å²) >= 11 is 1.51. The van der Waals surface area contributed by atoms with Gasteiger partial charge in [0, 0.05) is 28.5 Å². The Morgan fingerprint density at radius 1 is 1.00 bits per heavy atom. The highest BCUT2D eigenvalue weighted by atomic mass is 32.1. The zero-order valence-electron chi connectivity index (χ0n) is 11.1. The van der Waals surface area contributed by atoms with Gasteiger partial charge in [0.1, 0.15) is 0 Å². The lowest BCUT2D eigenvalue weighted by molar-refractivity contribution is 0.102. The van der Waals surface area contributed by atoms with Crippen LogP contribution >= 0.6 is 11.3 Å². The van der Waals surface area contributed by atoms with E-state index in [2.05, 4.69) is 15.6 Å². The number of hydrogen-bond donors (Lipinski definition) is 2. The summed E-state index contributed by atoms with van der Waals surface area (Å²) in [6.07, 6.45) is 1.74. The molecule has 3 rings (SSSR count). The van der Waals surface area contributed by atoms with Gasteiger partial charge in [-0.3, -0.25) is 4.79 Å². The number of para-hydroxylation sites is 1. The van der Waals surface area contributed by atoms with E-state index in [0.717, 1.165) is 16.5 Å². The molecule has 4 nitrogen and oxygen atoms in total. The maximum Gasteiger partial charge on any atom is 0.255 e. The molecule has 0 radical (unpaired) electrons. The zero-order chi connectivity index (χ0) is 14.5. The lowest BCUT2D eigenvalue weighted by Crippen LogP contribution is -2.11. The molecule has 0 aliphatic rings. The van der Waals surface area contributed by atoms with Gasteiger partial charge in [-0.1, -0.05) is 24.3 Å². The average molecular weight is 295 g/mol. The van der Waals surface area contributed by atoms with E-state index in [1.807, 2.05) is 47.8 Å². The second kappa shape index (κ2) is 6.19. The van der Waals surface area contributed by atoms with Gasteiger partial charge in [0.25, 0.3) is 5.91 Å². The Balaban J connectivity index is 1.74. The summed E-state index contributed by atoms with van der Waals surface area (Å²) in [6, 6.07) is 16.7. The molecule has 104 valence electrons. The third-order valence-electron chi connectivity index (χ3n) is 2.84. The standard InChI is InChI=1S/C16H13N3OS/c20-15(18-13-6-2-1-3-7-13)12-5-4-8-14(11-12)19-16-17-9-10-21-16/h1-11H,(H,17,19)(H,18,20). The molecule has 1 aromatic heterocycles. The zero-order valence-corrected chi connectivity index (χ0v) is 11.9. The van der Waals surface area contributed by atoms with Gasteiger partial charge in [0.2, 0.25) is 0 Å². The molecule has 1 heterocycles. The molecule has 0 fully saturated rings. The number of carbonyl (C=O) groups is 1. The summed E-state index contributed by atoms with van der Waals surface area (Å²) in [6.45, 7) is 0. The second-order valence-electron chi connectivity index (χ2n) is 4.36. The lowest BCUT2D eigenvalue weighted by Gasteiger charge is -2.07. The van der Waals surface area contributed by atoms with Crippen molar-refractivity contribution in [1.82, 2.24) is 4.98 Å². The van der Waals surface area contributed by atoms with Gasteiger partial charge in [-0.2, -0.15) is 0 Å². The summed E-state index contributed by atoms with van der Waals surface area (Å²) < 4.78 is 0. The number of benzene rings is 2. The Hall–Kier alpha value is -2.66. The normalized spacial score (nSPS) is 10.1. The maximum absolute atomic E-state index is 12.2. The molecule has 2 N–H and O–H groups in total. The van der Waals surface area contributed by atoms with Crippen molar-refractivity contribution < 1.29 is 4.79 Å². The molecule has 1 amide bonds. The first-order valence-electron chi connectivity index (χ1n) is 6.44. The van der Waals surface area contributed by atoms with Crippen molar-refractivity contribution in [2.75, 3.05) is 10.6 Å². The largest absolute Gasteiger partial charge is 0.332 e. The van der Waals surface area contributed by atoms with Crippen molar-refractivity contribution in [2.24, 2.45) is 0 Å². The fraction of sp³-hybridized carbons (Fsp3) is 0. The van der Waals surface area contributed by atoms with Crippen molar-refractivity contribution in [3.05, 3.63) is 71.7 Å². The molecule has 0 aliphatic heterocycles. The smallest absolute Gasteiger partial charge is 0.255 e. The van der Waals surface area contributed by atoms with Crippen LogP contribution in [0.5, 0.6) is 0 Å². The number of anilines is 3. The number of carbonyl (C=O) groups excluding carboxylic acids is 1. The Bertz CT molecular complexity index is 726. The van der Waals surface area contributed by atoms with Crippen molar-refractivity contribution in [3.8, 4) is 0 Å². The number of nitrogens with one attached hydrogen (secondary N) is 2. The molecule has 5 heteroatoms. The van der Waals surface area contributed by atoms with Crippen LogP contribution in [0.15, 0.2) is 66.2 Å². The Morgan fingerprint density at radius 2 is 1.81 bits per heavy atom. The van der Waals surface area contributed by atoms with Crippen LogP contribution in [0.4, 0.5) is 16.5 Å². The maximum atomic E-state index is 12.2. The molecule has 21 heavy (non-hydrogen) atoms. The second-order valence-corrected chi connectivity index (χ2v) is 5.26. The van der Waals surface area contributed by atoms with Crippen LogP contribution < -0.4 is 10.6 Å². The molecule has 0 spiro atoms. The van der Waals surface area contributed by atoms with E-state index in [9.17, 15) is 4.79 Å². The van der Waals surface area contributed by atoms with Crippen LogP contribution in [-0.2, 0) is 0 Å². The van der Waals surface area contributed by atoms with Gasteiger partial charge in [-0.25, -0.2) is 4.98 Å². The van der Waals surface area contributed by atoms with Gasteiger partial charge in [0.15, 0.2) is 5.13 Å². The molecule has 0 atom stereocenters. The summed E-state index contributed by atoms with van der Waals surface area (Å²) in [5.74, 6) is -0.135. The molecular weight excluding hydrogens is 282 g/mol. The SMILES string of the molecule is O=C(Nc1ccccc1)c1cccc(Nc2nccs2)c1. The van der Waals surface area contributed by atoms with Crippen molar-refractivity contribution in [1.29, 1.82) is 0 Å². The number of rotatable bonds is 4. The molecule has 3 aromatic rings. The fourth-order valence-electron chi connectivity index (χ4n) is 1.87. The Labute approximate surface area is 126 Å². The van der Waals surface area contributed by atoms with Gasteiger partial charge in [-0.15, -0.1) is 11.3 Å². The van der Waals surface area contributed by atoms with Crippen LogP contribution in [-0.4, -0.2) is 10.9 Å². The van der Waals surface area contributed by atoms with Crippen LogP contribution in [0.25, 0.3) is 0 Å². The Morgan fingerprint density at radius 3 is 2.57 bits per heavy atom. The highest BCUT2D eigenvalue weighted by Crippen LogP contribution is 2.20. The molecule has 0 unspecified atom stereocenters. The highest BCUT2D eigenvalue weighted by Gasteiger charge is 2.07. The fourth-order valence-corrected chi connectivity index (χ4v) is 2.42. The third kappa shape index (κ3) is 3.46. The Kier molecular flexibility index (Phi) is 3.93. The molecule has 0 saturated heterocycles. The summed E-state index contributed by atoms with van der Waals surface area (Å²) in [5, 5.41) is 8.73. The molecule has 2 aromatic carbocycles. The lowest BCUT2D eigenvalue weighted by atomic mass is 10.2. The summed E-state index contributed by atoms with van der Waals surface area (Å²) in [4.78, 5) is 16.4. The van der Waals surface area contributed by atoms with Crippen LogP contribution in [0.1, 0.15) is 10.4 Å². The van der Waals surface area contributed by atoms with E-state index in [1.54, 1.807) is 18.3 Å². The highest BCUT2D eigenvalue weighted by molar-refractivity contribution is 7.13. The quantitative estimate of drug-likeness (QED) is 0.760. The van der Waals surface area contributed by atoms with Crippen molar-refractivity contribution in [2.45, 2.75) is 0 Å². The minimum Gasteiger partial charge on any atom is -0.332 e. The van der Waals surface area contributed by atoms with Gasteiger partial charge >= 0.3 is 0 Å². The minimum atomic E-state index is -0.135. The van der Waals surface area contributed by atoms with E-state index >= 15 is 0 Å². The van der Waals surface area contributed by atoms with Crippen LogP contribution in [0.3, 0.4) is 0 Å². The first-order valence-corrected chi connectivity index (χ1v) is 7.32. The van der Waals surface area contributed by atoms with E-state index < -0.39 is 0 Å². The van der Waals surface area contributed by atoms with E-state index in [4.69, 9.17) is 0 Å². The topological polar surface area (TPSA) is 54.0 Å². The number of aromatic nitrogens is 1. The summed E-state index contributed by atoms with van der Waals surface area (Å²) in [7, 11) is 0. The average Bonchev–Trinajstić information content (AvgIpc) is 3.01. The molecular formula is C16H13N3OS. The van der Waals surface area contributed by atoms with E-state index in [1.165, 1.54) is 11.3 Å². The van der Waals surface area contributed by atoms with E-state index in [-0.39, 0.29) is 5.91 Å². The number of amides is 1. The van der Waals surface area contributed by atoms with Gasteiger partial charge in [-0.05, 0) is 30.3 Å². The van der Waals surface area contributed by atoms with Crippen LogP contribution in [0, 0.1) is 0 Å². The number of thiazole rings is 1. The number of hydrogen-bond acceptors (Lipinski definition) is 4.